The van der Waals surface area contributed by atoms with Gasteiger partial charge in [-0.15, -0.1) is 0 Å². The fourth-order valence-corrected chi connectivity index (χ4v) is 3.84. The van der Waals surface area contributed by atoms with E-state index in [1.807, 2.05) is 7.05 Å². The Morgan fingerprint density at radius 3 is 2.39 bits per heavy atom. The van der Waals surface area contributed by atoms with Crippen molar-refractivity contribution in [2.24, 2.45) is 10.9 Å². The van der Waals surface area contributed by atoms with Gasteiger partial charge in [0.05, 0.1) is 0 Å². The second kappa shape index (κ2) is 8.88. The molecular formula is C18H37N5. The molecule has 23 heavy (non-hydrogen) atoms. The summed E-state index contributed by atoms with van der Waals surface area (Å²) in [4.78, 5) is 9.62. The molecule has 0 radical (unpaired) electrons. The molecule has 0 spiro atoms. The quantitative estimate of drug-likeness (QED) is 0.577. The summed E-state index contributed by atoms with van der Waals surface area (Å²) in [7, 11) is 1.88. The highest BCUT2D eigenvalue weighted by molar-refractivity contribution is 5.80. The highest BCUT2D eigenvalue weighted by Crippen LogP contribution is 2.18. The molecule has 3 unspecified atom stereocenters. The van der Waals surface area contributed by atoms with Crippen molar-refractivity contribution in [2.45, 2.75) is 65.1 Å². The van der Waals surface area contributed by atoms with E-state index in [9.17, 15) is 0 Å². The van der Waals surface area contributed by atoms with Crippen LogP contribution in [0.25, 0.3) is 0 Å². The van der Waals surface area contributed by atoms with E-state index in [1.165, 1.54) is 38.9 Å². The molecule has 5 nitrogen and oxygen atoms in total. The van der Waals surface area contributed by atoms with E-state index in [1.54, 1.807) is 0 Å². The molecular weight excluding hydrogens is 286 g/mol. The molecule has 2 fully saturated rings. The molecule has 0 aromatic rings. The van der Waals surface area contributed by atoms with Crippen LogP contribution in [0.5, 0.6) is 0 Å². The summed E-state index contributed by atoms with van der Waals surface area (Å²) in [6.45, 7) is 15.0. The highest BCUT2D eigenvalue weighted by Gasteiger charge is 2.31. The molecule has 5 heteroatoms. The maximum Gasteiger partial charge on any atom is 0.191 e. The van der Waals surface area contributed by atoms with Gasteiger partial charge >= 0.3 is 0 Å². The molecule has 2 N–H and O–H groups in total. The Bertz CT molecular complexity index is 376. The van der Waals surface area contributed by atoms with Gasteiger partial charge in [-0.05, 0) is 52.1 Å². The summed E-state index contributed by atoms with van der Waals surface area (Å²) >= 11 is 0. The number of hydrogen-bond donors (Lipinski definition) is 2. The monoisotopic (exact) mass is 323 g/mol. The molecule has 134 valence electrons. The second-order valence-electron chi connectivity index (χ2n) is 7.53. The number of nitrogens with one attached hydrogen (secondary N) is 2. The first kappa shape index (κ1) is 18.5. The summed E-state index contributed by atoms with van der Waals surface area (Å²) < 4.78 is 0. The van der Waals surface area contributed by atoms with Crippen molar-refractivity contribution in [2.75, 3.05) is 39.8 Å². The number of rotatable bonds is 6. The number of hydrogen-bond acceptors (Lipinski definition) is 3. The van der Waals surface area contributed by atoms with Crippen LogP contribution >= 0.6 is 0 Å². The van der Waals surface area contributed by atoms with Crippen LogP contribution in [0.1, 0.15) is 47.0 Å². The lowest BCUT2D eigenvalue weighted by Crippen LogP contribution is -2.50. The predicted octanol–water partition coefficient (Wildman–Crippen LogP) is 1.75. The first-order valence-corrected chi connectivity index (χ1v) is 9.50. The number of guanidine groups is 1. The molecule has 2 aliphatic rings. The third-order valence-electron chi connectivity index (χ3n) is 5.55. The zero-order valence-electron chi connectivity index (χ0n) is 15.8. The Morgan fingerprint density at radius 2 is 1.87 bits per heavy atom. The van der Waals surface area contributed by atoms with Crippen molar-refractivity contribution in [1.82, 2.24) is 20.4 Å². The van der Waals surface area contributed by atoms with Gasteiger partial charge in [0.1, 0.15) is 0 Å². The molecule has 0 aliphatic carbocycles. The fourth-order valence-electron chi connectivity index (χ4n) is 3.84. The number of likely N-dealkylation sites (tertiary alicyclic amines) is 2. The van der Waals surface area contributed by atoms with Crippen molar-refractivity contribution in [1.29, 1.82) is 0 Å². The Balaban J connectivity index is 1.81. The third kappa shape index (κ3) is 5.08. The lowest BCUT2D eigenvalue weighted by molar-refractivity contribution is 0.236. The smallest absolute Gasteiger partial charge is 0.191 e. The van der Waals surface area contributed by atoms with E-state index in [0.717, 1.165) is 19.0 Å². The third-order valence-corrected chi connectivity index (χ3v) is 5.55. The molecule has 0 amide bonds. The topological polar surface area (TPSA) is 42.9 Å². The van der Waals surface area contributed by atoms with Crippen LogP contribution < -0.4 is 10.6 Å². The normalized spacial score (nSPS) is 28.5. The van der Waals surface area contributed by atoms with Gasteiger partial charge in [-0.3, -0.25) is 14.8 Å². The molecule has 0 aromatic heterocycles. The minimum atomic E-state index is 0.496. The van der Waals surface area contributed by atoms with Gasteiger partial charge < -0.3 is 10.6 Å². The zero-order valence-corrected chi connectivity index (χ0v) is 15.8. The maximum atomic E-state index is 4.45. The largest absolute Gasteiger partial charge is 0.355 e. The average Bonchev–Trinajstić information content (AvgIpc) is 3.17. The van der Waals surface area contributed by atoms with Gasteiger partial charge in [0.15, 0.2) is 5.96 Å². The van der Waals surface area contributed by atoms with Crippen molar-refractivity contribution >= 4 is 5.96 Å². The highest BCUT2D eigenvalue weighted by atomic mass is 15.3. The van der Waals surface area contributed by atoms with Gasteiger partial charge in [0.25, 0.3) is 0 Å². The standard InChI is InChI=1S/C18H37N5/c1-6-16(22-9-7-8-10-22)11-20-18(19-5)21-17-13-23(14(2)3)12-15(17)4/h14-17H,6-13H2,1-5H3,(H2,19,20,21). The van der Waals surface area contributed by atoms with Crippen molar-refractivity contribution in [3.63, 3.8) is 0 Å². The first-order valence-electron chi connectivity index (χ1n) is 9.50. The number of nitrogens with zero attached hydrogens (tertiary/aromatic N) is 3. The SMILES string of the molecule is CCC(CNC(=NC)NC1CN(C(C)C)CC1C)N1CCCC1. The Hall–Kier alpha value is -0.810. The van der Waals surface area contributed by atoms with Crippen molar-refractivity contribution in [3.8, 4) is 0 Å². The molecule has 0 aromatic carbocycles. The van der Waals surface area contributed by atoms with E-state index in [0.29, 0.717) is 24.0 Å². The van der Waals surface area contributed by atoms with E-state index in [4.69, 9.17) is 0 Å². The molecule has 0 bridgehead atoms. The zero-order chi connectivity index (χ0) is 16.8. The Labute approximate surface area is 142 Å². The Morgan fingerprint density at radius 1 is 1.17 bits per heavy atom. The van der Waals surface area contributed by atoms with Crippen LogP contribution in [0.4, 0.5) is 0 Å². The van der Waals surface area contributed by atoms with E-state index < -0.39 is 0 Å². The molecule has 0 saturated carbocycles. The average molecular weight is 324 g/mol. The lowest BCUT2D eigenvalue weighted by Gasteiger charge is -2.28. The van der Waals surface area contributed by atoms with Crippen molar-refractivity contribution < 1.29 is 0 Å². The minimum Gasteiger partial charge on any atom is -0.355 e. The van der Waals surface area contributed by atoms with E-state index in [-0.39, 0.29) is 0 Å². The predicted molar refractivity (Wildman–Crippen MR) is 99.0 cm³/mol. The molecule has 2 saturated heterocycles. The van der Waals surface area contributed by atoms with Crippen LogP contribution in [0.3, 0.4) is 0 Å². The summed E-state index contributed by atoms with van der Waals surface area (Å²) in [5, 5.41) is 7.22. The number of aliphatic imine (C=N–C) groups is 1. The van der Waals surface area contributed by atoms with Crippen molar-refractivity contribution in [3.05, 3.63) is 0 Å². The van der Waals surface area contributed by atoms with Gasteiger partial charge in [-0.1, -0.05) is 13.8 Å². The molecule has 2 aliphatic heterocycles. The minimum absolute atomic E-state index is 0.496. The summed E-state index contributed by atoms with van der Waals surface area (Å²) in [5.74, 6) is 1.63. The van der Waals surface area contributed by atoms with Crippen LogP contribution in [0.2, 0.25) is 0 Å². The van der Waals surface area contributed by atoms with E-state index >= 15 is 0 Å². The molecule has 2 heterocycles. The Kier molecular flexibility index (Phi) is 7.15. The van der Waals surface area contributed by atoms with Crippen LogP contribution in [-0.4, -0.2) is 73.7 Å². The van der Waals surface area contributed by atoms with E-state index in [2.05, 4.69) is 53.1 Å². The second-order valence-corrected chi connectivity index (χ2v) is 7.53. The molecule has 2 rings (SSSR count). The van der Waals surface area contributed by atoms with Gasteiger partial charge in [0.2, 0.25) is 0 Å². The maximum absolute atomic E-state index is 4.45. The first-order chi connectivity index (χ1) is 11.0. The van der Waals surface area contributed by atoms with Gasteiger partial charge in [-0.25, -0.2) is 0 Å². The molecule has 3 atom stereocenters. The fraction of sp³-hybridized carbons (Fsp3) is 0.944. The summed E-state index contributed by atoms with van der Waals surface area (Å²) in [6.07, 6.45) is 3.91. The van der Waals surface area contributed by atoms with Crippen LogP contribution in [0, 0.1) is 5.92 Å². The van der Waals surface area contributed by atoms with Gasteiger partial charge in [-0.2, -0.15) is 0 Å². The summed E-state index contributed by atoms with van der Waals surface area (Å²) in [5.41, 5.74) is 0. The van der Waals surface area contributed by atoms with Crippen LogP contribution in [0.15, 0.2) is 4.99 Å². The lowest BCUT2D eigenvalue weighted by atomic mass is 10.1. The van der Waals surface area contributed by atoms with Crippen LogP contribution in [-0.2, 0) is 0 Å². The summed E-state index contributed by atoms with van der Waals surface area (Å²) in [6, 6.07) is 1.75. The van der Waals surface area contributed by atoms with Gasteiger partial charge in [0, 0.05) is 44.8 Å².